The monoisotopic (exact) mass is 602 g/mol. The quantitative estimate of drug-likeness (QED) is 0.300. The summed E-state index contributed by atoms with van der Waals surface area (Å²) < 4.78 is 75.8. The maximum absolute atomic E-state index is 15.7. The number of halogens is 6. The fourth-order valence-corrected chi connectivity index (χ4v) is 5.20. The van der Waals surface area contributed by atoms with Gasteiger partial charge in [0.05, 0.1) is 11.1 Å². The van der Waals surface area contributed by atoms with Crippen LogP contribution in [0.4, 0.5) is 22.0 Å². The first-order valence-corrected chi connectivity index (χ1v) is 13.8. The molecule has 2 fully saturated rings. The van der Waals surface area contributed by atoms with Crippen molar-refractivity contribution < 1.29 is 41.4 Å². The first kappa shape index (κ1) is 31.0. The van der Waals surface area contributed by atoms with Crippen LogP contribution in [0.15, 0.2) is 30.3 Å². The van der Waals surface area contributed by atoms with Gasteiger partial charge in [0.2, 0.25) is 0 Å². The summed E-state index contributed by atoms with van der Waals surface area (Å²) in [5.74, 6) is -3.24. The van der Waals surface area contributed by atoms with Crippen LogP contribution in [0, 0.1) is 11.7 Å². The molecule has 1 atom stereocenters. The first-order valence-electron chi connectivity index (χ1n) is 13.4. The molecule has 1 aliphatic heterocycles. The lowest BCUT2D eigenvalue weighted by Gasteiger charge is -2.36. The van der Waals surface area contributed by atoms with Crippen molar-refractivity contribution in [1.82, 2.24) is 10.2 Å². The van der Waals surface area contributed by atoms with Crippen molar-refractivity contribution in [3.05, 3.63) is 63.4 Å². The Morgan fingerprint density at radius 3 is 2.37 bits per heavy atom. The number of aliphatic carboxylic acids is 1. The third-order valence-corrected chi connectivity index (χ3v) is 7.73. The highest BCUT2D eigenvalue weighted by Gasteiger charge is 2.37. The van der Waals surface area contributed by atoms with Crippen LogP contribution in [0.2, 0.25) is 5.02 Å². The summed E-state index contributed by atoms with van der Waals surface area (Å²) in [6.07, 6.45) is -2.81. The highest BCUT2D eigenvalue weighted by atomic mass is 35.5. The molecule has 224 valence electrons. The van der Waals surface area contributed by atoms with Gasteiger partial charge in [-0.15, -0.1) is 0 Å². The number of nitrogens with zero attached hydrogens (tertiary/aromatic N) is 1. The van der Waals surface area contributed by atoms with Gasteiger partial charge in [0, 0.05) is 30.7 Å². The maximum Gasteiger partial charge on any atom is 0.416 e. The number of amides is 1. The molecule has 41 heavy (non-hydrogen) atoms. The Morgan fingerprint density at radius 1 is 1.15 bits per heavy atom. The number of hydrogen-bond donors (Lipinski definition) is 2. The van der Waals surface area contributed by atoms with Crippen molar-refractivity contribution in [3.63, 3.8) is 0 Å². The number of carbonyl (C=O) groups excluding carboxylic acids is 1. The Labute approximate surface area is 239 Å². The van der Waals surface area contributed by atoms with E-state index in [-0.39, 0.29) is 61.3 Å². The number of benzene rings is 2. The Morgan fingerprint density at radius 2 is 1.80 bits per heavy atom. The molecule has 1 heterocycles. The summed E-state index contributed by atoms with van der Waals surface area (Å²) in [7, 11) is 0. The zero-order valence-electron chi connectivity index (χ0n) is 22.7. The van der Waals surface area contributed by atoms with Gasteiger partial charge in [-0.1, -0.05) is 25.4 Å². The number of hydrogen-bond acceptors (Lipinski definition) is 4. The van der Waals surface area contributed by atoms with Gasteiger partial charge in [-0.3, -0.25) is 9.69 Å². The number of ether oxygens (including phenoxy) is 1. The molecule has 1 saturated carbocycles. The SMILES string of the molecule is CC(C)[C@H](NC(=O)c1cc(C2CC2)c(OCC2(F)CCN(Cc3cc(Cl)cc(C(F)(F)F)c3)CC2)cc1F)C(=O)O. The lowest BCUT2D eigenvalue weighted by Crippen LogP contribution is -2.45. The van der Waals surface area contributed by atoms with Crippen molar-refractivity contribution in [2.75, 3.05) is 19.7 Å². The number of piperidine rings is 1. The highest BCUT2D eigenvalue weighted by molar-refractivity contribution is 6.30. The van der Waals surface area contributed by atoms with Crippen LogP contribution in [0.5, 0.6) is 5.75 Å². The van der Waals surface area contributed by atoms with E-state index in [9.17, 15) is 32.3 Å². The molecular formula is C29H32ClF5N2O4. The van der Waals surface area contributed by atoms with E-state index in [1.54, 1.807) is 13.8 Å². The largest absolute Gasteiger partial charge is 0.490 e. The molecule has 6 nitrogen and oxygen atoms in total. The summed E-state index contributed by atoms with van der Waals surface area (Å²) in [5, 5.41) is 11.7. The fraction of sp³-hybridized carbons (Fsp3) is 0.517. The molecule has 12 heteroatoms. The smallest absolute Gasteiger partial charge is 0.416 e. The minimum absolute atomic E-state index is 0.0224. The molecular weight excluding hydrogens is 571 g/mol. The Hall–Kier alpha value is -2.92. The van der Waals surface area contributed by atoms with Crippen LogP contribution in [-0.4, -0.2) is 53.3 Å². The molecule has 0 spiro atoms. The van der Waals surface area contributed by atoms with Crippen molar-refractivity contribution in [2.24, 2.45) is 5.92 Å². The molecule has 0 unspecified atom stereocenters. The average Bonchev–Trinajstić information content (AvgIpc) is 3.72. The number of carboxylic acids is 1. The molecule has 4 rings (SSSR count). The second kappa shape index (κ2) is 12.1. The van der Waals surface area contributed by atoms with Crippen LogP contribution in [-0.2, 0) is 17.5 Å². The Kier molecular flexibility index (Phi) is 9.18. The Bertz CT molecular complexity index is 1290. The summed E-state index contributed by atoms with van der Waals surface area (Å²) in [4.78, 5) is 26.0. The van der Waals surface area contributed by atoms with Gasteiger partial charge in [-0.2, -0.15) is 13.2 Å². The maximum atomic E-state index is 15.7. The van der Waals surface area contributed by atoms with Gasteiger partial charge in [-0.05, 0) is 72.9 Å². The van der Waals surface area contributed by atoms with E-state index >= 15 is 4.39 Å². The molecule has 1 aliphatic carbocycles. The average molecular weight is 603 g/mol. The van der Waals surface area contributed by atoms with Crippen molar-refractivity contribution in [3.8, 4) is 5.75 Å². The van der Waals surface area contributed by atoms with Crippen molar-refractivity contribution >= 4 is 23.5 Å². The van der Waals surface area contributed by atoms with Crippen LogP contribution in [0.1, 0.15) is 72.5 Å². The fourth-order valence-electron chi connectivity index (χ4n) is 4.94. The summed E-state index contributed by atoms with van der Waals surface area (Å²) in [5.41, 5.74) is -1.93. The van der Waals surface area contributed by atoms with Crippen LogP contribution >= 0.6 is 11.6 Å². The minimum Gasteiger partial charge on any atom is -0.490 e. The molecule has 0 aromatic heterocycles. The summed E-state index contributed by atoms with van der Waals surface area (Å²) in [6, 6.07) is 4.56. The number of likely N-dealkylation sites (tertiary alicyclic amines) is 1. The van der Waals surface area contributed by atoms with Crippen LogP contribution < -0.4 is 10.1 Å². The first-order chi connectivity index (χ1) is 19.1. The number of carboxylic acid groups (broad SMARTS) is 1. The predicted molar refractivity (Wildman–Crippen MR) is 142 cm³/mol. The third-order valence-electron chi connectivity index (χ3n) is 7.51. The van der Waals surface area contributed by atoms with Gasteiger partial charge in [0.1, 0.15) is 29.9 Å². The van der Waals surface area contributed by atoms with Gasteiger partial charge >= 0.3 is 12.1 Å². The summed E-state index contributed by atoms with van der Waals surface area (Å²) >= 11 is 5.88. The highest BCUT2D eigenvalue weighted by Crippen LogP contribution is 2.45. The predicted octanol–water partition coefficient (Wildman–Crippen LogP) is 6.60. The second-order valence-electron chi connectivity index (χ2n) is 11.2. The van der Waals surface area contributed by atoms with Gasteiger partial charge in [-0.25, -0.2) is 13.6 Å². The topological polar surface area (TPSA) is 78.9 Å². The zero-order chi connectivity index (χ0) is 30.1. The van der Waals surface area contributed by atoms with E-state index in [0.717, 1.165) is 31.0 Å². The van der Waals surface area contributed by atoms with Crippen LogP contribution in [0.25, 0.3) is 0 Å². The lowest BCUT2D eigenvalue weighted by atomic mass is 9.93. The molecule has 2 aromatic carbocycles. The minimum atomic E-state index is -4.53. The number of carbonyl (C=O) groups is 2. The third kappa shape index (κ3) is 7.88. The van der Waals surface area contributed by atoms with E-state index in [1.807, 2.05) is 4.90 Å². The van der Waals surface area contributed by atoms with Crippen LogP contribution in [0.3, 0.4) is 0 Å². The number of nitrogens with one attached hydrogen (secondary N) is 1. The number of rotatable bonds is 10. The zero-order valence-corrected chi connectivity index (χ0v) is 23.4. The second-order valence-corrected chi connectivity index (χ2v) is 11.7. The van der Waals surface area contributed by atoms with Gasteiger partial charge < -0.3 is 15.2 Å². The Balaban J connectivity index is 1.39. The number of alkyl halides is 4. The molecule has 1 saturated heterocycles. The molecule has 0 bridgehead atoms. The lowest BCUT2D eigenvalue weighted by molar-refractivity contribution is -0.140. The molecule has 2 aliphatic rings. The molecule has 2 N–H and O–H groups in total. The van der Waals surface area contributed by atoms with Crippen molar-refractivity contribution in [1.29, 1.82) is 0 Å². The van der Waals surface area contributed by atoms with E-state index in [1.165, 1.54) is 12.1 Å². The molecule has 0 radical (unpaired) electrons. The van der Waals surface area contributed by atoms with Gasteiger partial charge in [0.25, 0.3) is 5.91 Å². The standard InChI is InChI=1S/C29H32ClF5N2O4/c1-16(2)25(27(39)40)36-26(38)22-12-21(18-3-4-18)24(13-23(22)31)41-15-28(32)5-7-37(8-6-28)14-17-9-19(29(33,34)35)11-20(30)10-17/h9-13,16,18,25H,3-8,14-15H2,1-2H3,(H,36,38)(H,39,40)/t25-/m0/s1. The molecule has 1 amide bonds. The van der Waals surface area contributed by atoms with Gasteiger partial charge in [0.15, 0.2) is 0 Å². The van der Waals surface area contributed by atoms with E-state index in [4.69, 9.17) is 16.3 Å². The van der Waals surface area contributed by atoms with E-state index in [0.29, 0.717) is 11.1 Å². The molecule has 2 aromatic rings. The van der Waals surface area contributed by atoms with Crippen molar-refractivity contribution in [2.45, 2.75) is 69.9 Å². The van der Waals surface area contributed by atoms with E-state index < -0.39 is 47.1 Å². The normalized spacial score (nSPS) is 18.3. The summed E-state index contributed by atoms with van der Waals surface area (Å²) in [6.45, 7) is 3.63. The van der Waals surface area contributed by atoms with E-state index in [2.05, 4.69) is 5.32 Å².